The maximum absolute atomic E-state index is 12.3. The van der Waals surface area contributed by atoms with Crippen LogP contribution < -0.4 is 10.3 Å². The predicted molar refractivity (Wildman–Crippen MR) is 95.7 cm³/mol. The van der Waals surface area contributed by atoms with Crippen molar-refractivity contribution < 1.29 is 13.2 Å². The van der Waals surface area contributed by atoms with Crippen LogP contribution in [0.2, 0.25) is 8.67 Å². The average Bonchev–Trinajstić information content (AvgIpc) is 3.20. The van der Waals surface area contributed by atoms with Gasteiger partial charge in [-0.05, 0) is 18.2 Å². The highest BCUT2D eigenvalue weighted by molar-refractivity contribution is 7.89. The van der Waals surface area contributed by atoms with Gasteiger partial charge in [0.2, 0.25) is 0 Å². The maximum atomic E-state index is 12.3. The predicted octanol–water partition coefficient (Wildman–Crippen LogP) is 2.86. The molecule has 25 heavy (non-hydrogen) atoms. The molecular weight excluding hydrogens is 407 g/mol. The second kappa shape index (κ2) is 7.14. The molecule has 2 aromatic heterocycles. The number of carbonyl (C=O) groups is 1. The van der Waals surface area contributed by atoms with Crippen LogP contribution in [-0.2, 0) is 10.0 Å². The minimum atomic E-state index is -4.05. The molecule has 0 aliphatic heterocycles. The standard InChI is InChI=1S/C14H10Cl2N4O3S2/c15-12-6-11(13(16)24-12)25(22,23)19-18-14(21)10-7-17-8-20(10)9-4-2-1-3-5-9/h1-8,19H,(H,18,21). The quantitative estimate of drug-likeness (QED) is 0.625. The Bertz CT molecular complexity index is 1020. The number of sulfonamides is 1. The Labute approximate surface area is 157 Å². The van der Waals surface area contributed by atoms with Gasteiger partial charge in [0, 0.05) is 5.69 Å². The summed E-state index contributed by atoms with van der Waals surface area (Å²) in [5, 5.41) is 0. The van der Waals surface area contributed by atoms with Crippen LogP contribution in [0, 0.1) is 0 Å². The zero-order chi connectivity index (χ0) is 18.0. The number of rotatable bonds is 5. The Morgan fingerprint density at radius 2 is 1.92 bits per heavy atom. The number of hydrazine groups is 1. The Kier molecular flexibility index (Phi) is 5.11. The van der Waals surface area contributed by atoms with Crippen LogP contribution in [0.5, 0.6) is 0 Å². The van der Waals surface area contributed by atoms with E-state index in [1.54, 1.807) is 12.1 Å². The van der Waals surface area contributed by atoms with Crippen LogP contribution in [-0.4, -0.2) is 23.9 Å². The Morgan fingerprint density at radius 1 is 1.20 bits per heavy atom. The van der Waals surface area contributed by atoms with Crippen molar-refractivity contribution in [2.75, 3.05) is 0 Å². The Balaban J connectivity index is 1.78. The first kappa shape index (κ1) is 17.9. The molecule has 0 aliphatic carbocycles. The van der Waals surface area contributed by atoms with Crippen molar-refractivity contribution in [3.05, 3.63) is 63.3 Å². The third-order valence-electron chi connectivity index (χ3n) is 3.12. The molecule has 0 saturated carbocycles. The minimum Gasteiger partial charge on any atom is -0.295 e. The third kappa shape index (κ3) is 3.86. The average molecular weight is 417 g/mol. The van der Waals surface area contributed by atoms with Gasteiger partial charge in [0.15, 0.2) is 0 Å². The molecule has 0 bridgehead atoms. The fraction of sp³-hybridized carbons (Fsp3) is 0. The monoisotopic (exact) mass is 416 g/mol. The van der Waals surface area contributed by atoms with Gasteiger partial charge in [0.1, 0.15) is 14.9 Å². The number of nitrogens with one attached hydrogen (secondary N) is 2. The molecule has 2 heterocycles. The van der Waals surface area contributed by atoms with Gasteiger partial charge in [0.05, 0.1) is 16.9 Å². The summed E-state index contributed by atoms with van der Waals surface area (Å²) >= 11 is 12.5. The number of para-hydroxylation sites is 1. The second-order valence-electron chi connectivity index (χ2n) is 4.73. The third-order valence-corrected chi connectivity index (χ3v) is 6.12. The van der Waals surface area contributed by atoms with Crippen LogP contribution in [0.1, 0.15) is 10.5 Å². The van der Waals surface area contributed by atoms with Gasteiger partial charge in [-0.2, -0.15) is 0 Å². The van der Waals surface area contributed by atoms with Crippen molar-refractivity contribution in [1.82, 2.24) is 19.8 Å². The molecule has 0 radical (unpaired) electrons. The van der Waals surface area contributed by atoms with Crippen molar-refractivity contribution in [3.63, 3.8) is 0 Å². The molecule has 1 amide bonds. The van der Waals surface area contributed by atoms with Gasteiger partial charge in [-0.15, -0.1) is 16.2 Å². The minimum absolute atomic E-state index is 0.000997. The van der Waals surface area contributed by atoms with E-state index in [9.17, 15) is 13.2 Å². The highest BCUT2D eigenvalue weighted by Gasteiger charge is 2.22. The zero-order valence-corrected chi connectivity index (χ0v) is 15.5. The number of benzene rings is 1. The fourth-order valence-corrected chi connectivity index (χ4v) is 4.99. The Hall–Kier alpha value is -1.91. The van der Waals surface area contributed by atoms with Crippen LogP contribution in [0.4, 0.5) is 0 Å². The highest BCUT2D eigenvalue weighted by Crippen LogP contribution is 2.33. The largest absolute Gasteiger partial charge is 0.295 e. The van der Waals surface area contributed by atoms with E-state index in [-0.39, 0.29) is 19.3 Å². The molecule has 0 atom stereocenters. The van der Waals surface area contributed by atoms with E-state index < -0.39 is 15.9 Å². The van der Waals surface area contributed by atoms with Gasteiger partial charge in [-0.3, -0.25) is 14.8 Å². The summed E-state index contributed by atoms with van der Waals surface area (Å²) in [5.41, 5.74) is 3.00. The molecule has 130 valence electrons. The zero-order valence-electron chi connectivity index (χ0n) is 12.3. The van der Waals surface area contributed by atoms with Crippen molar-refractivity contribution in [1.29, 1.82) is 0 Å². The van der Waals surface area contributed by atoms with Crippen molar-refractivity contribution in [2.24, 2.45) is 0 Å². The lowest BCUT2D eigenvalue weighted by molar-refractivity contribution is 0.0938. The van der Waals surface area contributed by atoms with Gasteiger partial charge in [-0.1, -0.05) is 41.4 Å². The SMILES string of the molecule is O=C(NNS(=O)(=O)c1cc(Cl)sc1Cl)c1cncn1-c1ccccc1. The smallest absolute Gasteiger partial charge is 0.284 e. The van der Waals surface area contributed by atoms with E-state index in [1.165, 1.54) is 23.2 Å². The van der Waals surface area contributed by atoms with E-state index >= 15 is 0 Å². The first-order chi connectivity index (χ1) is 11.9. The molecule has 0 fully saturated rings. The van der Waals surface area contributed by atoms with Crippen LogP contribution in [0.15, 0.2) is 53.8 Å². The summed E-state index contributed by atoms with van der Waals surface area (Å²) in [7, 11) is -4.05. The molecule has 0 spiro atoms. The summed E-state index contributed by atoms with van der Waals surface area (Å²) in [6.45, 7) is 0. The van der Waals surface area contributed by atoms with Gasteiger partial charge in [0.25, 0.3) is 15.9 Å². The van der Waals surface area contributed by atoms with Gasteiger partial charge >= 0.3 is 0 Å². The summed E-state index contributed by atoms with van der Waals surface area (Å²) in [6, 6.07) is 10.2. The first-order valence-corrected chi connectivity index (χ1v) is 9.79. The molecule has 7 nitrogen and oxygen atoms in total. The molecule has 1 aromatic carbocycles. The topological polar surface area (TPSA) is 93.1 Å². The van der Waals surface area contributed by atoms with Crippen LogP contribution in [0.25, 0.3) is 5.69 Å². The van der Waals surface area contributed by atoms with E-state index in [0.717, 1.165) is 11.3 Å². The van der Waals surface area contributed by atoms with Crippen molar-refractivity contribution in [2.45, 2.75) is 4.90 Å². The lowest BCUT2D eigenvalue weighted by atomic mass is 10.3. The number of nitrogens with zero attached hydrogens (tertiary/aromatic N) is 2. The van der Waals surface area contributed by atoms with Crippen molar-refractivity contribution in [3.8, 4) is 5.69 Å². The summed E-state index contributed by atoms with van der Waals surface area (Å²) in [5.74, 6) is -0.678. The van der Waals surface area contributed by atoms with E-state index in [1.807, 2.05) is 23.0 Å². The van der Waals surface area contributed by atoms with Gasteiger partial charge in [-0.25, -0.2) is 13.4 Å². The second-order valence-corrected chi connectivity index (χ2v) is 8.67. The molecule has 0 unspecified atom stereocenters. The summed E-state index contributed by atoms with van der Waals surface area (Å²) < 4.78 is 26.2. The lowest BCUT2D eigenvalue weighted by Crippen LogP contribution is -2.42. The first-order valence-electron chi connectivity index (χ1n) is 6.73. The molecular formula is C14H10Cl2N4O3S2. The summed E-state index contributed by atoms with van der Waals surface area (Å²) in [6.07, 6.45) is 2.78. The lowest BCUT2D eigenvalue weighted by Gasteiger charge is -2.10. The number of thiophene rings is 1. The number of amides is 1. The highest BCUT2D eigenvalue weighted by atomic mass is 35.5. The molecule has 3 rings (SSSR count). The molecule has 0 aliphatic rings. The van der Waals surface area contributed by atoms with Crippen LogP contribution >= 0.6 is 34.5 Å². The number of aromatic nitrogens is 2. The number of hydrogen-bond acceptors (Lipinski definition) is 5. The number of imidazole rings is 1. The van der Waals surface area contributed by atoms with E-state index in [4.69, 9.17) is 23.2 Å². The normalized spacial score (nSPS) is 11.4. The number of hydrogen-bond donors (Lipinski definition) is 2. The van der Waals surface area contributed by atoms with E-state index in [0.29, 0.717) is 5.69 Å². The molecule has 11 heteroatoms. The number of carbonyl (C=O) groups excluding carboxylic acids is 1. The fourth-order valence-electron chi connectivity index (χ4n) is 2.00. The maximum Gasteiger partial charge on any atom is 0.284 e. The Morgan fingerprint density at radius 3 is 2.56 bits per heavy atom. The molecule has 3 aromatic rings. The molecule has 2 N–H and O–H groups in total. The van der Waals surface area contributed by atoms with E-state index in [2.05, 4.69) is 10.4 Å². The van der Waals surface area contributed by atoms with Gasteiger partial charge < -0.3 is 0 Å². The summed E-state index contributed by atoms with van der Waals surface area (Å²) in [4.78, 5) is 18.0. The van der Waals surface area contributed by atoms with Crippen molar-refractivity contribution >= 4 is 50.5 Å². The number of halogens is 2. The van der Waals surface area contributed by atoms with Crippen LogP contribution in [0.3, 0.4) is 0 Å². The molecule has 0 saturated heterocycles.